The van der Waals surface area contributed by atoms with Gasteiger partial charge in [0.1, 0.15) is 0 Å². The van der Waals surface area contributed by atoms with Gasteiger partial charge in [-0.2, -0.15) is 0 Å². The Bertz CT molecular complexity index is 9.61. The van der Waals surface area contributed by atoms with Gasteiger partial charge in [0, 0.05) is 44.6 Å². The van der Waals surface area contributed by atoms with Crippen molar-refractivity contribution in [3.8, 4) is 0 Å². The van der Waals surface area contributed by atoms with Crippen molar-refractivity contribution < 1.29 is 5.11 Å². The number of hydrogen-bond donors (Lipinski definition) is 1. The zero-order valence-corrected chi connectivity index (χ0v) is 5.73. The quantitative estimate of drug-likeness (QED) is 0.379. The maximum absolute atomic E-state index is 7.57. The van der Waals surface area contributed by atoms with Crippen LogP contribution in [0.3, 0.4) is 0 Å². The number of hydrogen-bond acceptors (Lipinski definition) is 1. The van der Waals surface area contributed by atoms with Crippen LogP contribution in [-0.4, -0.2) is 49.7 Å². The molecule has 0 saturated carbocycles. The van der Waals surface area contributed by atoms with E-state index in [2.05, 4.69) is 0 Å². The normalized spacial score (nSPS) is 3.60. The van der Waals surface area contributed by atoms with E-state index in [1.54, 1.807) is 6.92 Å². The molecule has 0 amide bonds. The van der Waals surface area contributed by atoms with Crippen molar-refractivity contribution in [3.05, 3.63) is 0 Å². The third-order valence-corrected chi connectivity index (χ3v) is 0. The van der Waals surface area contributed by atoms with Crippen molar-refractivity contribution >= 4 is 38.0 Å². The molecule has 0 aliphatic carbocycles. The molecule has 0 saturated heterocycles. The van der Waals surface area contributed by atoms with Crippen LogP contribution in [0.5, 0.6) is 0 Å². The van der Waals surface area contributed by atoms with Gasteiger partial charge in [-0.25, -0.2) is 0 Å². The zero-order chi connectivity index (χ0) is 2.71. The predicted molar refractivity (Wildman–Crippen MR) is 24.3 cm³/mol. The summed E-state index contributed by atoms with van der Waals surface area (Å²) in [6.45, 7) is 1.93. The summed E-state index contributed by atoms with van der Waals surface area (Å²) in [4.78, 5) is 0. The van der Waals surface area contributed by atoms with Gasteiger partial charge in [0.15, 0.2) is 0 Å². The molecule has 0 heterocycles. The summed E-state index contributed by atoms with van der Waals surface area (Å²) in [5.74, 6) is 0. The molecule has 0 aromatic rings. The molecule has 0 aromatic heterocycles. The number of aliphatic hydroxyl groups excluding tert-OH is 1. The van der Waals surface area contributed by atoms with Crippen LogP contribution in [0.1, 0.15) is 6.92 Å². The molecule has 0 aromatic carbocycles. The van der Waals surface area contributed by atoms with Crippen molar-refractivity contribution in [1.29, 1.82) is 0 Å². The summed E-state index contributed by atoms with van der Waals surface area (Å²) in [5, 5.41) is 7.57. The van der Waals surface area contributed by atoms with Crippen LogP contribution in [0.25, 0.3) is 0 Å². The van der Waals surface area contributed by atoms with E-state index in [1.165, 1.54) is 0 Å². The smallest absolute Gasteiger partial charge is 0.0402 e. The van der Waals surface area contributed by atoms with E-state index in [9.17, 15) is 0 Å². The molecule has 1 nitrogen and oxygen atoms in total. The van der Waals surface area contributed by atoms with E-state index in [0.717, 1.165) is 0 Å². The van der Waals surface area contributed by atoms with E-state index in [0.29, 0.717) is 0 Å². The monoisotopic (exact) mass is 80.0 g/mol. The van der Waals surface area contributed by atoms with Crippen LogP contribution in [0.15, 0.2) is 0 Å². The van der Waals surface area contributed by atoms with E-state index < -0.39 is 0 Å². The molecule has 4 radical (unpaired) electrons. The van der Waals surface area contributed by atoms with Crippen LogP contribution in [0.4, 0.5) is 0 Å². The Labute approximate surface area is 56.6 Å². The van der Waals surface area contributed by atoms with Crippen molar-refractivity contribution in [2.75, 3.05) is 6.61 Å². The minimum atomic E-state index is 0. The van der Waals surface area contributed by atoms with E-state index in [1.807, 2.05) is 0 Å². The molecule has 0 aliphatic heterocycles. The second-order valence-corrected chi connectivity index (χ2v) is 0.316. The van der Waals surface area contributed by atoms with E-state index in [-0.39, 0.29) is 44.6 Å². The minimum Gasteiger partial charge on any atom is -0.397 e. The first-order valence-electron chi connectivity index (χ1n) is 1.02. The van der Waals surface area contributed by atoms with Gasteiger partial charge in [0.2, 0.25) is 0 Å². The Morgan fingerprint density at radius 3 is 1.60 bits per heavy atom. The molecule has 0 rings (SSSR count). The Morgan fingerprint density at radius 1 is 1.60 bits per heavy atom. The fraction of sp³-hybridized carbons (Fsp3) is 1.00. The molecule has 24 valence electrons. The van der Waals surface area contributed by atoms with Crippen molar-refractivity contribution in [2.24, 2.45) is 0 Å². The van der Waals surface area contributed by atoms with Gasteiger partial charge in [-0.3, -0.25) is 0 Å². The minimum absolute atomic E-state index is 0. The SMILES string of the molecule is CCO.[B].[Na]. The van der Waals surface area contributed by atoms with E-state index >= 15 is 0 Å². The van der Waals surface area contributed by atoms with Gasteiger partial charge in [-0.1, -0.05) is 0 Å². The first-order valence-corrected chi connectivity index (χ1v) is 1.02. The van der Waals surface area contributed by atoms with Crippen molar-refractivity contribution in [2.45, 2.75) is 6.92 Å². The van der Waals surface area contributed by atoms with Gasteiger partial charge < -0.3 is 5.11 Å². The Balaban J connectivity index is -0.0000000200. The summed E-state index contributed by atoms with van der Waals surface area (Å²) in [6, 6.07) is 0. The fourth-order valence-electron chi connectivity index (χ4n) is 0. The first-order chi connectivity index (χ1) is 1.41. The molecule has 0 spiro atoms. The maximum atomic E-state index is 7.57. The average molecular weight is 79.9 g/mol. The zero-order valence-electron chi connectivity index (χ0n) is 3.73. The summed E-state index contributed by atoms with van der Waals surface area (Å²) >= 11 is 0. The average Bonchev–Trinajstić information content (AvgIpc) is 0.918. The molecular weight excluding hydrogens is 73.8 g/mol. The summed E-state index contributed by atoms with van der Waals surface area (Å²) in [7, 11) is 0. The topological polar surface area (TPSA) is 20.2 Å². The molecule has 5 heavy (non-hydrogen) atoms. The number of rotatable bonds is 0. The second-order valence-electron chi connectivity index (χ2n) is 0.316. The summed E-state index contributed by atoms with van der Waals surface area (Å²) < 4.78 is 0. The second kappa shape index (κ2) is 19.9. The van der Waals surface area contributed by atoms with Gasteiger partial charge in [0.25, 0.3) is 0 Å². The van der Waals surface area contributed by atoms with Crippen LogP contribution in [0.2, 0.25) is 0 Å². The molecule has 3 heteroatoms. The fourth-order valence-corrected chi connectivity index (χ4v) is 0. The predicted octanol–water partition coefficient (Wildman–Crippen LogP) is -0.763. The maximum Gasteiger partial charge on any atom is 0.0402 e. The molecule has 0 atom stereocenters. The summed E-state index contributed by atoms with van der Waals surface area (Å²) in [5.41, 5.74) is 0. The Morgan fingerprint density at radius 2 is 1.60 bits per heavy atom. The standard InChI is InChI=1S/C2H6O.B.Na/c1-2-3;;/h3H,2H2,1H3;;. The Hall–Kier alpha value is 1.02. The van der Waals surface area contributed by atoms with Crippen LogP contribution < -0.4 is 0 Å². The molecular formula is C2H6BNaO. The van der Waals surface area contributed by atoms with Gasteiger partial charge in [0.05, 0.1) is 0 Å². The van der Waals surface area contributed by atoms with Gasteiger partial charge >= 0.3 is 0 Å². The van der Waals surface area contributed by atoms with E-state index in [4.69, 9.17) is 5.11 Å². The van der Waals surface area contributed by atoms with Crippen LogP contribution in [-0.2, 0) is 0 Å². The third kappa shape index (κ3) is 43.8. The van der Waals surface area contributed by atoms with Gasteiger partial charge in [-0.05, 0) is 6.92 Å². The van der Waals surface area contributed by atoms with Crippen LogP contribution >= 0.6 is 0 Å². The van der Waals surface area contributed by atoms with Crippen LogP contribution in [0, 0.1) is 0 Å². The molecule has 0 fully saturated rings. The number of aliphatic hydroxyl groups is 1. The van der Waals surface area contributed by atoms with Crippen molar-refractivity contribution in [1.82, 2.24) is 0 Å². The molecule has 0 unspecified atom stereocenters. The third-order valence-electron chi connectivity index (χ3n) is 0. The van der Waals surface area contributed by atoms with Gasteiger partial charge in [-0.15, -0.1) is 0 Å². The molecule has 0 bridgehead atoms. The largest absolute Gasteiger partial charge is 0.397 e. The molecule has 1 N–H and O–H groups in total. The Kier molecular flexibility index (Phi) is 66.0. The first kappa shape index (κ1) is 16.6. The summed E-state index contributed by atoms with van der Waals surface area (Å²) in [6.07, 6.45) is 0. The molecule has 0 aliphatic rings. The van der Waals surface area contributed by atoms with Crippen molar-refractivity contribution in [3.63, 3.8) is 0 Å².